The predicted molar refractivity (Wildman–Crippen MR) is 60.7 cm³/mol. The van der Waals surface area contributed by atoms with Gasteiger partial charge in [0, 0.05) is 5.57 Å². The second-order valence-electron chi connectivity index (χ2n) is 4.40. The molecule has 1 N–H and O–H groups in total. The molecule has 1 nitrogen and oxygen atoms in total. The number of rotatable bonds is 1. The largest absolute Gasteiger partial charge is 0.416 e. The Morgan fingerprint density at radius 2 is 1.74 bits per heavy atom. The van der Waals surface area contributed by atoms with Crippen molar-refractivity contribution >= 4 is 0 Å². The van der Waals surface area contributed by atoms with Gasteiger partial charge < -0.3 is 5.32 Å². The molecule has 1 fully saturated rings. The summed E-state index contributed by atoms with van der Waals surface area (Å²) in [5.41, 5.74) is -0.389. The molecule has 1 aromatic rings. The van der Waals surface area contributed by atoms with Gasteiger partial charge in [0.2, 0.25) is 0 Å². The molecule has 1 aromatic carbocycles. The van der Waals surface area contributed by atoms with Crippen LogP contribution in [0.25, 0.3) is 0 Å². The molecule has 1 aliphatic heterocycles. The minimum absolute atomic E-state index is 0.0361. The molecule has 0 spiro atoms. The van der Waals surface area contributed by atoms with Crippen LogP contribution in [-0.2, 0) is 6.18 Å². The highest BCUT2D eigenvalue weighted by molar-refractivity contribution is 5.33. The van der Waals surface area contributed by atoms with Crippen LogP contribution < -0.4 is 5.32 Å². The van der Waals surface area contributed by atoms with E-state index in [9.17, 15) is 22.0 Å². The van der Waals surface area contributed by atoms with E-state index in [2.05, 4.69) is 5.32 Å². The van der Waals surface area contributed by atoms with E-state index in [1.807, 2.05) is 0 Å². The molecule has 0 aliphatic carbocycles. The van der Waals surface area contributed by atoms with E-state index in [1.165, 1.54) is 12.1 Å². The lowest BCUT2D eigenvalue weighted by molar-refractivity contribution is -0.137. The zero-order valence-electron chi connectivity index (χ0n) is 9.90. The lowest BCUT2D eigenvalue weighted by atomic mass is 9.92. The van der Waals surface area contributed by atoms with E-state index in [4.69, 9.17) is 0 Å². The van der Waals surface area contributed by atoms with Gasteiger partial charge in [-0.15, -0.1) is 0 Å². The molecule has 1 heterocycles. The van der Waals surface area contributed by atoms with Crippen LogP contribution in [0, 0.1) is 0 Å². The molecule has 1 aliphatic rings. The summed E-state index contributed by atoms with van der Waals surface area (Å²) in [6, 6.07) is 3.63. The zero-order valence-corrected chi connectivity index (χ0v) is 9.90. The molecule has 1 atom stereocenters. The molecule has 104 valence electrons. The number of halogens is 5. The van der Waals surface area contributed by atoms with E-state index >= 15 is 0 Å². The van der Waals surface area contributed by atoms with Gasteiger partial charge in [-0.2, -0.15) is 22.0 Å². The molecule has 0 aromatic heterocycles. The molecule has 0 radical (unpaired) electrons. The van der Waals surface area contributed by atoms with E-state index in [0.29, 0.717) is 18.5 Å². The molecular weight excluding hydrogens is 265 g/mol. The molecule has 0 bridgehead atoms. The van der Waals surface area contributed by atoms with Crippen molar-refractivity contribution in [2.75, 3.05) is 6.54 Å². The Balaban J connectivity index is 2.28. The van der Waals surface area contributed by atoms with E-state index in [1.54, 1.807) is 0 Å². The topological polar surface area (TPSA) is 12.0 Å². The maximum absolute atomic E-state index is 12.8. The Morgan fingerprint density at radius 3 is 2.26 bits per heavy atom. The molecule has 6 heteroatoms. The van der Waals surface area contributed by atoms with E-state index < -0.39 is 23.9 Å². The number of nitrogens with one attached hydrogen (secondary N) is 1. The van der Waals surface area contributed by atoms with E-state index in [-0.39, 0.29) is 12.0 Å². The van der Waals surface area contributed by atoms with Crippen LogP contribution in [0.5, 0.6) is 0 Å². The fourth-order valence-electron chi connectivity index (χ4n) is 2.18. The Labute approximate surface area is 107 Å². The Kier molecular flexibility index (Phi) is 3.89. The quantitative estimate of drug-likeness (QED) is 0.755. The fourth-order valence-corrected chi connectivity index (χ4v) is 2.18. The van der Waals surface area contributed by atoms with Crippen molar-refractivity contribution in [3.63, 3.8) is 0 Å². The second-order valence-corrected chi connectivity index (χ2v) is 4.40. The predicted octanol–water partition coefficient (Wildman–Crippen LogP) is 4.28. The SMILES string of the molecule is FC(F)=C1CCCNC1c1ccc(C(F)(F)F)cc1. The first-order chi connectivity index (χ1) is 8.89. The maximum Gasteiger partial charge on any atom is 0.416 e. The van der Waals surface area contributed by atoms with Gasteiger partial charge in [-0.25, -0.2) is 0 Å². The van der Waals surface area contributed by atoms with Crippen molar-refractivity contribution in [2.24, 2.45) is 0 Å². The standard InChI is InChI=1S/C13H12F5N/c14-12(15)10-2-1-7-19-11(10)8-3-5-9(6-4-8)13(16,17)18/h3-6,11,19H,1-2,7H2. The minimum atomic E-state index is -4.41. The average Bonchev–Trinajstić information content (AvgIpc) is 2.38. The number of piperidine rings is 1. The number of benzene rings is 1. The highest BCUT2D eigenvalue weighted by atomic mass is 19.4. The lowest BCUT2D eigenvalue weighted by Gasteiger charge is -2.26. The molecular formula is C13H12F5N. The smallest absolute Gasteiger partial charge is 0.306 e. The fraction of sp³-hybridized carbons (Fsp3) is 0.385. The Hall–Kier alpha value is -1.43. The first-order valence-electron chi connectivity index (χ1n) is 5.84. The van der Waals surface area contributed by atoms with Crippen LogP contribution >= 0.6 is 0 Å². The number of hydrogen-bond donors (Lipinski definition) is 1. The molecule has 1 saturated heterocycles. The first-order valence-corrected chi connectivity index (χ1v) is 5.84. The minimum Gasteiger partial charge on any atom is -0.306 e. The van der Waals surface area contributed by atoms with Gasteiger partial charge in [0.25, 0.3) is 6.08 Å². The lowest BCUT2D eigenvalue weighted by Crippen LogP contribution is -2.29. The summed E-state index contributed by atoms with van der Waals surface area (Å²) in [6.45, 7) is 0.572. The highest BCUT2D eigenvalue weighted by Gasteiger charge is 2.31. The summed E-state index contributed by atoms with van der Waals surface area (Å²) in [7, 11) is 0. The van der Waals surface area contributed by atoms with Crippen molar-refractivity contribution in [3.8, 4) is 0 Å². The molecule has 0 saturated carbocycles. The average molecular weight is 277 g/mol. The van der Waals surface area contributed by atoms with Gasteiger partial charge in [0.1, 0.15) is 0 Å². The Morgan fingerprint density at radius 1 is 1.11 bits per heavy atom. The van der Waals surface area contributed by atoms with Crippen molar-refractivity contribution < 1.29 is 22.0 Å². The number of alkyl halides is 3. The van der Waals surface area contributed by atoms with Crippen molar-refractivity contribution in [3.05, 3.63) is 47.0 Å². The molecule has 1 unspecified atom stereocenters. The summed E-state index contributed by atoms with van der Waals surface area (Å²) < 4.78 is 62.8. The van der Waals surface area contributed by atoms with Gasteiger partial charge in [-0.3, -0.25) is 0 Å². The summed E-state index contributed by atoms with van der Waals surface area (Å²) >= 11 is 0. The van der Waals surface area contributed by atoms with Gasteiger partial charge in [-0.1, -0.05) is 12.1 Å². The molecule has 0 amide bonds. The van der Waals surface area contributed by atoms with Crippen LogP contribution in [0.4, 0.5) is 22.0 Å². The maximum atomic E-state index is 12.8. The van der Waals surface area contributed by atoms with Gasteiger partial charge in [0.15, 0.2) is 0 Å². The number of hydrogen-bond acceptors (Lipinski definition) is 1. The van der Waals surface area contributed by atoms with Crippen molar-refractivity contribution in [2.45, 2.75) is 25.1 Å². The van der Waals surface area contributed by atoms with E-state index in [0.717, 1.165) is 12.1 Å². The highest BCUT2D eigenvalue weighted by Crippen LogP contribution is 2.34. The third-order valence-electron chi connectivity index (χ3n) is 3.13. The summed E-state index contributed by atoms with van der Waals surface area (Å²) in [5, 5.41) is 2.91. The normalized spacial score (nSPS) is 20.5. The third-order valence-corrected chi connectivity index (χ3v) is 3.13. The Bertz CT molecular complexity index is 471. The van der Waals surface area contributed by atoms with Gasteiger partial charge in [0.05, 0.1) is 11.6 Å². The van der Waals surface area contributed by atoms with Gasteiger partial charge in [-0.05, 0) is 37.1 Å². The van der Waals surface area contributed by atoms with Crippen LogP contribution in [0.3, 0.4) is 0 Å². The second kappa shape index (κ2) is 5.28. The van der Waals surface area contributed by atoms with Crippen LogP contribution in [0.2, 0.25) is 0 Å². The zero-order chi connectivity index (χ0) is 14.0. The van der Waals surface area contributed by atoms with Crippen LogP contribution in [-0.4, -0.2) is 6.54 Å². The summed E-state index contributed by atoms with van der Waals surface area (Å²) in [4.78, 5) is 0. The summed E-state index contributed by atoms with van der Waals surface area (Å²) in [5.74, 6) is 0. The van der Waals surface area contributed by atoms with Gasteiger partial charge >= 0.3 is 6.18 Å². The van der Waals surface area contributed by atoms with Crippen molar-refractivity contribution in [1.82, 2.24) is 5.32 Å². The van der Waals surface area contributed by atoms with Crippen LogP contribution in [0.15, 0.2) is 35.9 Å². The molecule has 19 heavy (non-hydrogen) atoms. The molecule has 2 rings (SSSR count). The summed E-state index contributed by atoms with van der Waals surface area (Å²) in [6.07, 6.45) is -5.30. The monoisotopic (exact) mass is 277 g/mol. The van der Waals surface area contributed by atoms with Crippen LogP contribution in [0.1, 0.15) is 30.0 Å². The first kappa shape index (κ1) is 14.0. The third kappa shape index (κ3) is 3.12. The van der Waals surface area contributed by atoms with Crippen molar-refractivity contribution in [1.29, 1.82) is 0 Å².